The van der Waals surface area contributed by atoms with Crippen molar-refractivity contribution < 1.29 is 13.9 Å². The van der Waals surface area contributed by atoms with Gasteiger partial charge >= 0.3 is 0 Å². The second kappa shape index (κ2) is 10.3. The second-order valence-corrected chi connectivity index (χ2v) is 9.80. The highest BCUT2D eigenvalue weighted by Crippen LogP contribution is 2.36. The first-order chi connectivity index (χ1) is 20.6. The van der Waals surface area contributed by atoms with Crippen LogP contribution in [-0.4, -0.2) is 38.2 Å². The zero-order valence-electron chi connectivity index (χ0n) is 22.4. The molecule has 0 saturated carbocycles. The molecule has 1 amide bonds. The molecule has 0 aliphatic carbocycles. The molecule has 7 rings (SSSR count). The largest absolute Gasteiger partial charge is 0.497 e. The van der Waals surface area contributed by atoms with Crippen LogP contribution in [0.4, 0.5) is 10.1 Å². The summed E-state index contributed by atoms with van der Waals surface area (Å²) in [6.07, 6.45) is 5.07. The van der Waals surface area contributed by atoms with E-state index >= 15 is 0 Å². The van der Waals surface area contributed by atoms with E-state index in [-0.39, 0.29) is 11.7 Å². The monoisotopic (exact) mass is 554 g/mol. The van der Waals surface area contributed by atoms with Crippen LogP contribution in [0.2, 0.25) is 0 Å². The number of aromatic nitrogens is 5. The number of carbonyl (C=O) groups is 1. The Morgan fingerprint density at radius 1 is 0.857 bits per heavy atom. The number of benzene rings is 3. The Balaban J connectivity index is 1.25. The van der Waals surface area contributed by atoms with Crippen LogP contribution in [-0.2, 0) is 0 Å². The average Bonchev–Trinajstić information content (AvgIpc) is 3.65. The van der Waals surface area contributed by atoms with Gasteiger partial charge in [0, 0.05) is 51.4 Å². The predicted octanol–water partition coefficient (Wildman–Crippen LogP) is 7.24. The molecule has 7 aromatic rings. The Morgan fingerprint density at radius 2 is 1.71 bits per heavy atom. The van der Waals surface area contributed by atoms with E-state index in [0.717, 1.165) is 38.7 Å². The summed E-state index contributed by atoms with van der Waals surface area (Å²) in [7, 11) is 1.52. The van der Waals surface area contributed by atoms with Gasteiger partial charge in [-0.3, -0.25) is 14.9 Å². The van der Waals surface area contributed by atoms with E-state index < -0.39 is 0 Å². The first kappa shape index (κ1) is 25.2. The van der Waals surface area contributed by atoms with Crippen LogP contribution in [0.3, 0.4) is 0 Å². The Morgan fingerprint density at radius 3 is 2.57 bits per heavy atom. The first-order valence-corrected chi connectivity index (χ1v) is 13.2. The molecule has 0 atom stereocenters. The van der Waals surface area contributed by atoms with E-state index in [0.29, 0.717) is 33.9 Å². The van der Waals surface area contributed by atoms with Gasteiger partial charge in [-0.15, -0.1) is 0 Å². The fourth-order valence-electron chi connectivity index (χ4n) is 5.10. The number of pyridine rings is 2. The molecule has 0 radical (unpaired) electrons. The van der Waals surface area contributed by atoms with Crippen LogP contribution in [0.25, 0.3) is 55.6 Å². The van der Waals surface area contributed by atoms with Gasteiger partial charge in [0.1, 0.15) is 17.3 Å². The van der Waals surface area contributed by atoms with Gasteiger partial charge in [-0.25, -0.2) is 9.37 Å². The van der Waals surface area contributed by atoms with Crippen LogP contribution >= 0.6 is 0 Å². The molecule has 0 bridgehead atoms. The Kier molecular flexibility index (Phi) is 6.16. The zero-order chi connectivity index (χ0) is 28.6. The van der Waals surface area contributed by atoms with Crippen molar-refractivity contribution in [2.45, 2.75) is 0 Å². The fourth-order valence-corrected chi connectivity index (χ4v) is 5.10. The molecular formula is C33H23FN6O2. The number of ether oxygens (including phenoxy) is 1. The molecule has 0 spiro atoms. The highest BCUT2D eigenvalue weighted by Gasteiger charge is 2.16. The number of nitrogens with one attached hydrogen (secondary N) is 3. The number of fused-ring (bicyclic) bond motifs is 2. The topological polar surface area (TPSA) is 109 Å². The van der Waals surface area contributed by atoms with Gasteiger partial charge in [0.2, 0.25) is 0 Å². The summed E-state index contributed by atoms with van der Waals surface area (Å²) in [5.74, 6) is -0.129. The van der Waals surface area contributed by atoms with Gasteiger partial charge in [0.05, 0.1) is 24.7 Å². The molecule has 8 nitrogen and oxygen atoms in total. The van der Waals surface area contributed by atoms with Crippen molar-refractivity contribution in [1.82, 2.24) is 25.1 Å². The molecule has 0 aliphatic rings. The summed E-state index contributed by atoms with van der Waals surface area (Å²) in [5.41, 5.74) is 7.32. The maximum Gasteiger partial charge on any atom is 0.255 e. The van der Waals surface area contributed by atoms with Crippen LogP contribution in [0, 0.1) is 5.82 Å². The Labute approximate surface area is 239 Å². The quantitative estimate of drug-likeness (QED) is 0.201. The number of hydrogen-bond donors (Lipinski definition) is 3. The van der Waals surface area contributed by atoms with Crippen LogP contribution in [0.15, 0.2) is 104 Å². The minimum Gasteiger partial charge on any atom is -0.497 e. The molecule has 0 saturated heterocycles. The van der Waals surface area contributed by atoms with Gasteiger partial charge in [0.25, 0.3) is 5.91 Å². The van der Waals surface area contributed by atoms with E-state index in [1.807, 2.05) is 60.7 Å². The third-order valence-corrected chi connectivity index (χ3v) is 7.12. The molecule has 0 unspecified atom stereocenters. The van der Waals surface area contributed by atoms with Crippen molar-refractivity contribution in [2.24, 2.45) is 0 Å². The van der Waals surface area contributed by atoms with Crippen molar-refractivity contribution in [3.8, 4) is 39.4 Å². The SMILES string of the molecule is COc1cc(F)cc(-c2cccc3[nH]c(-c4n[nH]c5ncc(-c6cncc(NC(=O)c7ccccc7)c6)cc45)cc23)c1. The van der Waals surface area contributed by atoms with Gasteiger partial charge in [0.15, 0.2) is 5.65 Å². The average molecular weight is 555 g/mol. The highest BCUT2D eigenvalue weighted by molar-refractivity contribution is 6.04. The normalized spacial score (nSPS) is 11.2. The van der Waals surface area contributed by atoms with Crippen LogP contribution in [0.1, 0.15) is 10.4 Å². The maximum absolute atomic E-state index is 14.3. The third-order valence-electron chi connectivity index (χ3n) is 7.12. The number of methoxy groups -OCH3 is 1. The number of aromatic amines is 2. The molecule has 0 fully saturated rings. The lowest BCUT2D eigenvalue weighted by Gasteiger charge is -2.07. The summed E-state index contributed by atoms with van der Waals surface area (Å²) in [4.78, 5) is 25.0. The van der Waals surface area contributed by atoms with Crippen molar-refractivity contribution in [1.29, 1.82) is 0 Å². The molecular weight excluding hydrogens is 531 g/mol. The van der Waals surface area contributed by atoms with Crippen molar-refractivity contribution in [3.05, 3.63) is 115 Å². The molecule has 4 heterocycles. The predicted molar refractivity (Wildman–Crippen MR) is 161 cm³/mol. The Bertz CT molecular complexity index is 2100. The zero-order valence-corrected chi connectivity index (χ0v) is 22.4. The summed E-state index contributed by atoms with van der Waals surface area (Å²) in [5, 5.41) is 12.2. The lowest BCUT2D eigenvalue weighted by Crippen LogP contribution is -2.11. The molecule has 3 aromatic carbocycles. The molecule has 3 N–H and O–H groups in total. The molecule has 9 heteroatoms. The van der Waals surface area contributed by atoms with E-state index in [1.54, 1.807) is 30.7 Å². The van der Waals surface area contributed by atoms with Gasteiger partial charge in [-0.05, 0) is 59.7 Å². The minimum atomic E-state index is -0.368. The van der Waals surface area contributed by atoms with Gasteiger partial charge in [-0.1, -0.05) is 30.3 Å². The number of H-pyrrole nitrogens is 2. The smallest absolute Gasteiger partial charge is 0.255 e. The number of nitrogens with zero attached hydrogens (tertiary/aromatic N) is 3. The molecule has 4 aromatic heterocycles. The van der Waals surface area contributed by atoms with Crippen LogP contribution < -0.4 is 10.1 Å². The maximum atomic E-state index is 14.3. The summed E-state index contributed by atoms with van der Waals surface area (Å²) in [6.45, 7) is 0. The van der Waals surface area contributed by atoms with E-state index in [2.05, 4.69) is 30.5 Å². The standard InChI is InChI=1S/C33H23FN6O2/c1-42-25-12-20(10-23(34)14-25)26-8-5-9-29-27(26)15-30(38-29)31-28-13-22(17-36-32(28)40-39-31)21-11-24(18-35-16-21)37-33(41)19-6-3-2-4-7-19/h2-18,38H,1H3,(H,37,41)(H,36,39,40). The summed E-state index contributed by atoms with van der Waals surface area (Å²) in [6, 6.07) is 25.4. The second-order valence-electron chi connectivity index (χ2n) is 9.80. The van der Waals surface area contributed by atoms with E-state index in [9.17, 15) is 9.18 Å². The number of anilines is 1. The fraction of sp³-hybridized carbons (Fsp3) is 0.0303. The number of carbonyl (C=O) groups excluding carboxylic acids is 1. The lowest BCUT2D eigenvalue weighted by molar-refractivity contribution is 0.102. The van der Waals surface area contributed by atoms with E-state index in [4.69, 9.17) is 4.74 Å². The van der Waals surface area contributed by atoms with Gasteiger partial charge in [-0.2, -0.15) is 5.10 Å². The van der Waals surface area contributed by atoms with Crippen LogP contribution in [0.5, 0.6) is 5.75 Å². The minimum absolute atomic E-state index is 0.213. The number of rotatable bonds is 6. The van der Waals surface area contributed by atoms with Crippen molar-refractivity contribution in [3.63, 3.8) is 0 Å². The summed E-state index contributed by atoms with van der Waals surface area (Å²) >= 11 is 0. The van der Waals surface area contributed by atoms with Gasteiger partial charge < -0.3 is 15.0 Å². The van der Waals surface area contributed by atoms with Crippen molar-refractivity contribution >= 4 is 33.5 Å². The highest BCUT2D eigenvalue weighted by atomic mass is 19.1. The lowest BCUT2D eigenvalue weighted by atomic mass is 10.0. The van der Waals surface area contributed by atoms with E-state index in [1.165, 1.54) is 19.2 Å². The first-order valence-electron chi connectivity index (χ1n) is 13.2. The number of hydrogen-bond acceptors (Lipinski definition) is 5. The number of amides is 1. The molecule has 42 heavy (non-hydrogen) atoms. The Hall–Kier alpha value is -5.83. The molecule has 0 aliphatic heterocycles. The summed E-state index contributed by atoms with van der Waals surface area (Å²) < 4.78 is 19.6. The third kappa shape index (κ3) is 4.62. The number of halogens is 1. The van der Waals surface area contributed by atoms with Crippen molar-refractivity contribution in [2.75, 3.05) is 12.4 Å². The molecule has 204 valence electrons.